The van der Waals surface area contributed by atoms with Gasteiger partial charge in [-0.3, -0.25) is 9.48 Å². The van der Waals surface area contributed by atoms with Crippen molar-refractivity contribution in [3.63, 3.8) is 0 Å². The third-order valence-corrected chi connectivity index (χ3v) is 6.01. The Morgan fingerprint density at radius 2 is 1.91 bits per heavy atom. The summed E-state index contributed by atoms with van der Waals surface area (Å²) in [6.45, 7) is 5.96. The van der Waals surface area contributed by atoms with E-state index in [1.807, 2.05) is 6.92 Å². The summed E-state index contributed by atoms with van der Waals surface area (Å²) in [5.74, 6) is 2.82. The summed E-state index contributed by atoms with van der Waals surface area (Å²) in [5, 5.41) is 4.64. The lowest BCUT2D eigenvalue weighted by Crippen LogP contribution is -2.42. The summed E-state index contributed by atoms with van der Waals surface area (Å²) >= 11 is 0. The average Bonchev–Trinajstić information content (AvgIpc) is 3.44. The van der Waals surface area contributed by atoms with Gasteiger partial charge in [0.2, 0.25) is 5.91 Å². The molecule has 4 heteroatoms. The number of rotatable bonds is 5. The zero-order valence-electron chi connectivity index (χ0n) is 14.5. The van der Waals surface area contributed by atoms with Crippen LogP contribution >= 0.6 is 0 Å². The number of aryl methyl sites for hydroxylation is 2. The molecule has 4 nitrogen and oxygen atoms in total. The van der Waals surface area contributed by atoms with Crippen LogP contribution in [0.1, 0.15) is 62.4 Å². The van der Waals surface area contributed by atoms with E-state index in [0.29, 0.717) is 17.9 Å². The van der Waals surface area contributed by atoms with Gasteiger partial charge in [0, 0.05) is 25.2 Å². The number of piperidine rings is 1. The van der Waals surface area contributed by atoms with Gasteiger partial charge in [0.25, 0.3) is 0 Å². The van der Waals surface area contributed by atoms with E-state index in [2.05, 4.69) is 27.7 Å². The second kappa shape index (κ2) is 5.95. The minimum atomic E-state index is 0.363. The van der Waals surface area contributed by atoms with Crippen LogP contribution in [0.15, 0.2) is 6.07 Å². The molecular weight excluding hydrogens is 286 g/mol. The molecule has 4 rings (SSSR count). The summed E-state index contributed by atoms with van der Waals surface area (Å²) in [6, 6.07) is 2.50. The van der Waals surface area contributed by atoms with Crippen LogP contribution in [0.3, 0.4) is 0 Å². The van der Waals surface area contributed by atoms with Gasteiger partial charge in [-0.05, 0) is 76.2 Å². The Hall–Kier alpha value is -1.32. The van der Waals surface area contributed by atoms with Crippen molar-refractivity contribution in [2.24, 2.45) is 17.8 Å². The number of likely N-dealkylation sites (tertiary alicyclic amines) is 1. The molecule has 1 aliphatic heterocycles. The standard InChI is InChI=1S/C19H29N3O/c1-13-10-14(2)22(20-13)17-4-3-9-21(12-17)19(23)11-18(15-5-6-15)16-7-8-16/h10,15-18H,3-9,11-12H2,1-2H3/t17-/m1/s1. The molecule has 1 aromatic rings. The van der Waals surface area contributed by atoms with Gasteiger partial charge in [-0.1, -0.05) is 0 Å². The quantitative estimate of drug-likeness (QED) is 0.834. The van der Waals surface area contributed by atoms with Crippen LogP contribution in [0.5, 0.6) is 0 Å². The van der Waals surface area contributed by atoms with Gasteiger partial charge in [-0.2, -0.15) is 5.10 Å². The van der Waals surface area contributed by atoms with E-state index in [-0.39, 0.29) is 0 Å². The fraction of sp³-hybridized carbons (Fsp3) is 0.789. The topological polar surface area (TPSA) is 38.1 Å². The molecule has 1 saturated heterocycles. The van der Waals surface area contributed by atoms with Crippen LogP contribution in [-0.2, 0) is 4.79 Å². The fourth-order valence-electron chi connectivity index (χ4n) is 4.49. The predicted octanol–water partition coefficient (Wildman–Crippen LogP) is 3.49. The van der Waals surface area contributed by atoms with Crippen molar-refractivity contribution in [2.45, 2.75) is 64.8 Å². The predicted molar refractivity (Wildman–Crippen MR) is 90.1 cm³/mol. The Labute approximate surface area is 139 Å². The van der Waals surface area contributed by atoms with Crippen LogP contribution in [0.25, 0.3) is 0 Å². The molecule has 2 saturated carbocycles. The lowest BCUT2D eigenvalue weighted by Gasteiger charge is -2.34. The van der Waals surface area contributed by atoms with Gasteiger partial charge in [0.1, 0.15) is 0 Å². The molecule has 2 aliphatic carbocycles. The number of carbonyl (C=O) groups excluding carboxylic acids is 1. The van der Waals surface area contributed by atoms with E-state index < -0.39 is 0 Å². The molecule has 2 heterocycles. The molecule has 1 amide bonds. The molecule has 1 aromatic heterocycles. The van der Waals surface area contributed by atoms with Crippen LogP contribution in [-0.4, -0.2) is 33.7 Å². The molecule has 3 aliphatic rings. The zero-order valence-corrected chi connectivity index (χ0v) is 14.5. The first kappa shape index (κ1) is 15.2. The average molecular weight is 315 g/mol. The Kier molecular flexibility index (Phi) is 3.94. The Bertz CT molecular complexity index is 573. The maximum absolute atomic E-state index is 12.8. The van der Waals surface area contributed by atoms with Crippen LogP contribution in [0, 0.1) is 31.6 Å². The molecule has 0 N–H and O–H groups in total. The Morgan fingerprint density at radius 3 is 2.48 bits per heavy atom. The summed E-state index contributed by atoms with van der Waals surface area (Å²) in [5.41, 5.74) is 2.30. The van der Waals surface area contributed by atoms with Crippen LogP contribution < -0.4 is 0 Å². The second-order valence-corrected chi connectivity index (χ2v) is 8.05. The Balaban J connectivity index is 1.40. The van der Waals surface area contributed by atoms with Gasteiger partial charge in [0.05, 0.1) is 11.7 Å². The molecular formula is C19H29N3O. The lowest BCUT2D eigenvalue weighted by molar-refractivity contribution is -0.134. The van der Waals surface area contributed by atoms with Crippen molar-refractivity contribution >= 4 is 5.91 Å². The highest BCUT2D eigenvalue weighted by Crippen LogP contribution is 2.50. The second-order valence-electron chi connectivity index (χ2n) is 8.05. The van der Waals surface area contributed by atoms with E-state index in [0.717, 1.165) is 49.9 Å². The minimum absolute atomic E-state index is 0.363. The van der Waals surface area contributed by atoms with E-state index in [1.54, 1.807) is 0 Å². The molecule has 1 atom stereocenters. The van der Waals surface area contributed by atoms with Gasteiger partial charge in [-0.15, -0.1) is 0 Å². The highest BCUT2D eigenvalue weighted by atomic mass is 16.2. The smallest absolute Gasteiger partial charge is 0.222 e. The largest absolute Gasteiger partial charge is 0.341 e. The fourth-order valence-corrected chi connectivity index (χ4v) is 4.49. The molecule has 0 spiro atoms. The third kappa shape index (κ3) is 3.31. The van der Waals surface area contributed by atoms with Gasteiger partial charge >= 0.3 is 0 Å². The number of carbonyl (C=O) groups is 1. The maximum atomic E-state index is 12.8. The lowest BCUT2D eigenvalue weighted by atomic mass is 9.93. The monoisotopic (exact) mass is 315 g/mol. The molecule has 0 bridgehead atoms. The third-order valence-electron chi connectivity index (χ3n) is 6.01. The molecule has 23 heavy (non-hydrogen) atoms. The zero-order chi connectivity index (χ0) is 16.0. The summed E-state index contributed by atoms with van der Waals surface area (Å²) in [7, 11) is 0. The first-order chi connectivity index (χ1) is 11.1. The number of nitrogens with zero attached hydrogens (tertiary/aromatic N) is 3. The van der Waals surface area contributed by atoms with E-state index in [4.69, 9.17) is 0 Å². The van der Waals surface area contributed by atoms with E-state index in [9.17, 15) is 4.79 Å². The first-order valence-corrected chi connectivity index (χ1v) is 9.42. The van der Waals surface area contributed by atoms with Gasteiger partial charge in [0.15, 0.2) is 0 Å². The SMILES string of the molecule is Cc1cc(C)n([C@@H]2CCCN(C(=O)CC(C3CC3)C3CC3)C2)n1. The summed E-state index contributed by atoms with van der Waals surface area (Å²) in [4.78, 5) is 15.0. The highest BCUT2D eigenvalue weighted by molar-refractivity contribution is 5.76. The molecule has 126 valence electrons. The van der Waals surface area contributed by atoms with E-state index in [1.165, 1.54) is 31.4 Å². The van der Waals surface area contributed by atoms with Crippen molar-refractivity contribution < 1.29 is 4.79 Å². The summed E-state index contributed by atoms with van der Waals surface area (Å²) < 4.78 is 2.15. The first-order valence-electron chi connectivity index (χ1n) is 9.42. The number of aromatic nitrogens is 2. The highest BCUT2D eigenvalue weighted by Gasteiger charge is 2.43. The van der Waals surface area contributed by atoms with Gasteiger partial charge < -0.3 is 4.90 Å². The number of hydrogen-bond donors (Lipinski definition) is 0. The van der Waals surface area contributed by atoms with Crippen molar-refractivity contribution in [3.05, 3.63) is 17.5 Å². The van der Waals surface area contributed by atoms with Crippen molar-refractivity contribution in [2.75, 3.05) is 13.1 Å². The van der Waals surface area contributed by atoms with Crippen molar-refractivity contribution in [1.29, 1.82) is 0 Å². The maximum Gasteiger partial charge on any atom is 0.222 e. The van der Waals surface area contributed by atoms with Crippen molar-refractivity contribution in [3.8, 4) is 0 Å². The normalized spacial score (nSPS) is 25.2. The van der Waals surface area contributed by atoms with Crippen LogP contribution in [0.4, 0.5) is 0 Å². The van der Waals surface area contributed by atoms with Crippen molar-refractivity contribution in [1.82, 2.24) is 14.7 Å². The number of amides is 1. The molecule has 0 radical (unpaired) electrons. The molecule has 3 fully saturated rings. The van der Waals surface area contributed by atoms with Crippen LogP contribution in [0.2, 0.25) is 0 Å². The van der Waals surface area contributed by atoms with Gasteiger partial charge in [-0.25, -0.2) is 0 Å². The summed E-state index contributed by atoms with van der Waals surface area (Å²) in [6.07, 6.45) is 8.50. The van der Waals surface area contributed by atoms with E-state index >= 15 is 0 Å². The molecule has 0 aromatic carbocycles. The number of hydrogen-bond acceptors (Lipinski definition) is 2. The molecule has 0 unspecified atom stereocenters. The minimum Gasteiger partial charge on any atom is -0.341 e. The Morgan fingerprint density at radius 1 is 1.22 bits per heavy atom.